The summed E-state index contributed by atoms with van der Waals surface area (Å²) in [4.78, 5) is 0. The number of hydrogen-bond donors (Lipinski definition) is 0. The zero-order valence-electron chi connectivity index (χ0n) is 10.7. The van der Waals surface area contributed by atoms with Gasteiger partial charge in [-0.2, -0.15) is 5.10 Å². The molecule has 0 saturated heterocycles. The Morgan fingerprint density at radius 3 is 2.41 bits per heavy atom. The molecule has 1 aromatic heterocycles. The third-order valence-corrected chi connectivity index (χ3v) is 4.00. The number of nitrogens with zero attached hydrogens (tertiary/aromatic N) is 2. The summed E-state index contributed by atoms with van der Waals surface area (Å²) in [5.41, 5.74) is 1.39. The van der Waals surface area contributed by atoms with E-state index in [2.05, 4.69) is 32.4 Å². The number of benzene rings is 2. The number of ether oxygens (including phenoxy) is 1. The van der Waals surface area contributed by atoms with Gasteiger partial charge in [0.05, 0.1) is 21.6 Å². The molecule has 114 valence electrons. The summed E-state index contributed by atoms with van der Waals surface area (Å²) in [6, 6.07) is 10.9. The topological polar surface area (TPSA) is 27.1 Å². The van der Waals surface area contributed by atoms with Crippen molar-refractivity contribution < 1.29 is 17.9 Å². The van der Waals surface area contributed by atoms with Gasteiger partial charge in [0.2, 0.25) is 0 Å². The molecule has 0 fully saturated rings. The summed E-state index contributed by atoms with van der Waals surface area (Å²) >= 11 is 8.22. The molecule has 0 radical (unpaired) electrons. The Morgan fingerprint density at radius 1 is 1.09 bits per heavy atom. The van der Waals surface area contributed by atoms with Gasteiger partial charge >= 0.3 is 6.36 Å². The number of aromatic nitrogens is 2. The van der Waals surface area contributed by atoms with Crippen molar-refractivity contribution in [2.24, 2.45) is 0 Å². The molecule has 3 nitrogen and oxygen atoms in total. The van der Waals surface area contributed by atoms with E-state index < -0.39 is 6.36 Å². The molecule has 1 heterocycles. The molecule has 22 heavy (non-hydrogen) atoms. The standard InChI is InChI=1S/C14H7ClF3IN2O/c15-10-2-1-3-11-12(10)13(19)20-21(11)8-4-6-9(7-5-8)22-14(16,17)18/h1-7H. The van der Waals surface area contributed by atoms with Crippen LogP contribution in [0.25, 0.3) is 16.6 Å². The predicted molar refractivity (Wildman–Crippen MR) is 85.5 cm³/mol. The SMILES string of the molecule is FC(F)(F)Oc1ccc(-n2nc(I)c3c(Cl)cccc32)cc1. The molecule has 0 saturated carbocycles. The van der Waals surface area contributed by atoms with Crippen LogP contribution in [0.2, 0.25) is 5.02 Å². The van der Waals surface area contributed by atoms with E-state index in [0.717, 1.165) is 10.9 Å². The molecule has 0 atom stereocenters. The van der Waals surface area contributed by atoms with Gasteiger partial charge in [-0.15, -0.1) is 13.2 Å². The average Bonchev–Trinajstić information content (AvgIpc) is 2.77. The largest absolute Gasteiger partial charge is 0.573 e. The highest BCUT2D eigenvalue weighted by molar-refractivity contribution is 14.1. The van der Waals surface area contributed by atoms with Crippen LogP contribution in [0.3, 0.4) is 0 Å². The van der Waals surface area contributed by atoms with Crippen molar-refractivity contribution in [2.75, 3.05) is 0 Å². The zero-order chi connectivity index (χ0) is 15.9. The first-order valence-corrected chi connectivity index (χ1v) is 7.50. The van der Waals surface area contributed by atoms with Crippen LogP contribution in [0.4, 0.5) is 13.2 Å². The van der Waals surface area contributed by atoms with Gasteiger partial charge < -0.3 is 4.74 Å². The first kappa shape index (κ1) is 15.4. The number of fused-ring (bicyclic) bond motifs is 1. The Bertz CT molecular complexity index is 830. The van der Waals surface area contributed by atoms with Gasteiger partial charge in [-0.25, -0.2) is 4.68 Å². The van der Waals surface area contributed by atoms with Gasteiger partial charge in [0.15, 0.2) is 0 Å². The second-order valence-corrected chi connectivity index (χ2v) is 5.81. The summed E-state index contributed by atoms with van der Waals surface area (Å²) < 4.78 is 42.7. The highest BCUT2D eigenvalue weighted by Gasteiger charge is 2.31. The predicted octanol–water partition coefficient (Wildman–Crippen LogP) is 5.18. The molecule has 0 amide bonds. The minimum atomic E-state index is -4.71. The van der Waals surface area contributed by atoms with Crippen molar-refractivity contribution in [1.29, 1.82) is 0 Å². The monoisotopic (exact) mass is 438 g/mol. The Hall–Kier alpha value is -1.48. The zero-order valence-corrected chi connectivity index (χ0v) is 13.6. The average molecular weight is 439 g/mol. The van der Waals surface area contributed by atoms with Gasteiger partial charge in [0.1, 0.15) is 9.45 Å². The third-order valence-electron chi connectivity index (χ3n) is 2.93. The van der Waals surface area contributed by atoms with Crippen molar-refractivity contribution in [3.05, 3.63) is 51.2 Å². The fourth-order valence-electron chi connectivity index (χ4n) is 2.07. The van der Waals surface area contributed by atoms with Crippen LogP contribution < -0.4 is 4.74 Å². The van der Waals surface area contributed by atoms with Crippen molar-refractivity contribution >= 4 is 45.1 Å². The van der Waals surface area contributed by atoms with E-state index >= 15 is 0 Å². The van der Waals surface area contributed by atoms with Gasteiger partial charge in [0.25, 0.3) is 0 Å². The number of hydrogen-bond acceptors (Lipinski definition) is 2. The summed E-state index contributed by atoms with van der Waals surface area (Å²) in [6.07, 6.45) is -4.71. The molecule has 2 aromatic carbocycles. The molecule has 0 unspecified atom stereocenters. The maximum Gasteiger partial charge on any atom is 0.573 e. The maximum absolute atomic E-state index is 12.2. The molecule has 0 spiro atoms. The van der Waals surface area contributed by atoms with E-state index in [1.54, 1.807) is 16.8 Å². The van der Waals surface area contributed by atoms with E-state index in [9.17, 15) is 13.2 Å². The molecule has 3 aromatic rings. The fourth-order valence-corrected chi connectivity index (χ4v) is 3.27. The van der Waals surface area contributed by atoms with Crippen molar-refractivity contribution in [3.8, 4) is 11.4 Å². The number of alkyl halides is 3. The molecule has 0 aliphatic carbocycles. The van der Waals surface area contributed by atoms with Gasteiger partial charge in [0, 0.05) is 0 Å². The normalized spacial score (nSPS) is 11.9. The first-order valence-electron chi connectivity index (χ1n) is 6.04. The molecule has 0 bridgehead atoms. The Morgan fingerprint density at radius 2 is 1.77 bits per heavy atom. The van der Waals surface area contributed by atoms with Crippen LogP contribution in [0, 0.1) is 3.70 Å². The van der Waals surface area contributed by atoms with Crippen molar-refractivity contribution in [2.45, 2.75) is 6.36 Å². The lowest BCUT2D eigenvalue weighted by molar-refractivity contribution is -0.274. The van der Waals surface area contributed by atoms with Crippen LogP contribution in [0.1, 0.15) is 0 Å². The van der Waals surface area contributed by atoms with Crippen molar-refractivity contribution in [1.82, 2.24) is 9.78 Å². The molecule has 8 heteroatoms. The minimum Gasteiger partial charge on any atom is -0.406 e. The highest BCUT2D eigenvalue weighted by Crippen LogP contribution is 2.30. The smallest absolute Gasteiger partial charge is 0.406 e. The summed E-state index contributed by atoms with van der Waals surface area (Å²) in [6.45, 7) is 0. The molecule has 0 aliphatic rings. The first-order chi connectivity index (χ1) is 10.3. The Labute approximate surface area is 141 Å². The van der Waals surface area contributed by atoms with Gasteiger partial charge in [-0.1, -0.05) is 17.7 Å². The highest BCUT2D eigenvalue weighted by atomic mass is 127. The van der Waals surface area contributed by atoms with Crippen LogP contribution in [-0.2, 0) is 0 Å². The summed E-state index contributed by atoms with van der Waals surface area (Å²) in [5, 5.41) is 5.76. The van der Waals surface area contributed by atoms with Crippen LogP contribution in [0.15, 0.2) is 42.5 Å². The summed E-state index contributed by atoms with van der Waals surface area (Å²) in [5.74, 6) is -0.277. The summed E-state index contributed by atoms with van der Waals surface area (Å²) in [7, 11) is 0. The van der Waals surface area contributed by atoms with Gasteiger partial charge in [-0.3, -0.25) is 0 Å². The number of halogens is 5. The molecule has 0 aliphatic heterocycles. The van der Waals surface area contributed by atoms with Crippen LogP contribution in [0.5, 0.6) is 5.75 Å². The Kier molecular flexibility index (Phi) is 3.94. The minimum absolute atomic E-state index is 0.277. The lowest BCUT2D eigenvalue weighted by Gasteiger charge is -2.09. The van der Waals surface area contributed by atoms with Gasteiger partial charge in [-0.05, 0) is 59.0 Å². The molecule has 0 N–H and O–H groups in total. The third kappa shape index (κ3) is 3.00. The second-order valence-electron chi connectivity index (χ2n) is 4.38. The molecule has 3 rings (SSSR count). The quantitative estimate of drug-likeness (QED) is 0.516. The van der Waals surface area contributed by atoms with Crippen molar-refractivity contribution in [3.63, 3.8) is 0 Å². The molecular formula is C14H7ClF3IN2O. The molecular weight excluding hydrogens is 432 g/mol. The second kappa shape index (κ2) is 5.62. The maximum atomic E-state index is 12.2. The van der Waals surface area contributed by atoms with E-state index in [-0.39, 0.29) is 5.75 Å². The lowest BCUT2D eigenvalue weighted by Crippen LogP contribution is -2.17. The lowest BCUT2D eigenvalue weighted by atomic mass is 10.2. The fraction of sp³-hybridized carbons (Fsp3) is 0.0714. The van der Waals surface area contributed by atoms with E-state index in [1.165, 1.54) is 24.3 Å². The van der Waals surface area contributed by atoms with Crippen LogP contribution in [-0.4, -0.2) is 16.1 Å². The Balaban J connectivity index is 2.03. The van der Waals surface area contributed by atoms with Crippen LogP contribution >= 0.6 is 34.2 Å². The number of rotatable bonds is 2. The van der Waals surface area contributed by atoms with E-state index in [4.69, 9.17) is 11.6 Å². The van der Waals surface area contributed by atoms with E-state index in [1.807, 2.05) is 6.07 Å². The van der Waals surface area contributed by atoms with E-state index in [0.29, 0.717) is 14.4 Å².